The van der Waals surface area contributed by atoms with Crippen LogP contribution in [0.3, 0.4) is 0 Å². The third-order valence-electron chi connectivity index (χ3n) is 3.07. The Labute approximate surface area is 99.9 Å². The van der Waals surface area contributed by atoms with E-state index in [9.17, 15) is 8.78 Å². The predicted molar refractivity (Wildman–Crippen MR) is 66.0 cm³/mol. The van der Waals surface area contributed by atoms with Gasteiger partial charge in [0.05, 0.1) is 0 Å². The van der Waals surface area contributed by atoms with E-state index in [0.717, 1.165) is 16.7 Å². The van der Waals surface area contributed by atoms with E-state index in [-0.39, 0.29) is 5.56 Å². The lowest BCUT2D eigenvalue weighted by molar-refractivity contribution is 0.570. The van der Waals surface area contributed by atoms with Crippen LogP contribution in [0.4, 0.5) is 8.78 Å². The van der Waals surface area contributed by atoms with Gasteiger partial charge in [-0.05, 0) is 49.6 Å². The van der Waals surface area contributed by atoms with E-state index in [2.05, 4.69) is 0 Å². The second-order valence-corrected chi connectivity index (χ2v) is 4.30. The van der Waals surface area contributed by atoms with Crippen LogP contribution in [0.25, 0.3) is 11.1 Å². The number of halogens is 2. The molecule has 0 nitrogen and oxygen atoms in total. The molecule has 2 aromatic rings. The maximum Gasteiger partial charge on any atom is 0.136 e. The third-order valence-corrected chi connectivity index (χ3v) is 3.07. The standard InChI is InChI=1S/C15H14F2/c1-9-5-4-6-10(2)14(9)12-7-8-13(16)11(3)15(12)17/h4-8H,1-3H3. The van der Waals surface area contributed by atoms with Crippen molar-refractivity contribution >= 4 is 0 Å². The van der Waals surface area contributed by atoms with Crippen molar-refractivity contribution in [2.24, 2.45) is 0 Å². The Balaban J connectivity index is 2.74. The lowest BCUT2D eigenvalue weighted by Crippen LogP contribution is -1.96. The maximum absolute atomic E-state index is 14.1. The molecule has 0 heterocycles. The van der Waals surface area contributed by atoms with Crippen LogP contribution in [0, 0.1) is 32.4 Å². The van der Waals surface area contributed by atoms with Gasteiger partial charge in [0.25, 0.3) is 0 Å². The first-order valence-electron chi connectivity index (χ1n) is 5.53. The molecule has 2 rings (SSSR count). The first-order valence-corrected chi connectivity index (χ1v) is 5.53. The summed E-state index contributed by atoms with van der Waals surface area (Å²) in [4.78, 5) is 0. The summed E-state index contributed by atoms with van der Waals surface area (Å²) in [6.07, 6.45) is 0. The molecule has 0 fully saturated rings. The molecule has 2 aromatic carbocycles. The van der Waals surface area contributed by atoms with Crippen LogP contribution in [0.2, 0.25) is 0 Å². The Morgan fingerprint density at radius 3 is 2.00 bits per heavy atom. The van der Waals surface area contributed by atoms with Crippen LogP contribution in [-0.4, -0.2) is 0 Å². The third kappa shape index (κ3) is 1.95. The average molecular weight is 232 g/mol. The normalized spacial score (nSPS) is 10.6. The second kappa shape index (κ2) is 4.28. The summed E-state index contributed by atoms with van der Waals surface area (Å²) in [5, 5.41) is 0. The van der Waals surface area contributed by atoms with Gasteiger partial charge in [0.15, 0.2) is 0 Å². The van der Waals surface area contributed by atoms with Crippen molar-refractivity contribution in [3.8, 4) is 11.1 Å². The molecule has 2 heteroatoms. The highest BCUT2D eigenvalue weighted by atomic mass is 19.1. The predicted octanol–water partition coefficient (Wildman–Crippen LogP) is 4.56. The SMILES string of the molecule is Cc1cccc(C)c1-c1ccc(F)c(C)c1F. The minimum atomic E-state index is -0.502. The molecule has 0 aliphatic carbocycles. The molecule has 0 aliphatic rings. The lowest BCUT2D eigenvalue weighted by atomic mass is 9.94. The molecule has 0 spiro atoms. The van der Waals surface area contributed by atoms with Gasteiger partial charge in [-0.3, -0.25) is 0 Å². The maximum atomic E-state index is 14.1. The fourth-order valence-corrected chi connectivity index (χ4v) is 2.09. The van der Waals surface area contributed by atoms with Crippen molar-refractivity contribution in [3.63, 3.8) is 0 Å². The van der Waals surface area contributed by atoms with Gasteiger partial charge >= 0.3 is 0 Å². The molecule has 0 bridgehead atoms. The fraction of sp³-hybridized carbons (Fsp3) is 0.200. The molecule has 0 aliphatic heterocycles. The van der Waals surface area contributed by atoms with Crippen LogP contribution < -0.4 is 0 Å². The molecule has 17 heavy (non-hydrogen) atoms. The zero-order valence-electron chi connectivity index (χ0n) is 10.1. The van der Waals surface area contributed by atoms with Gasteiger partial charge < -0.3 is 0 Å². The van der Waals surface area contributed by atoms with Crippen LogP contribution in [0.5, 0.6) is 0 Å². The highest BCUT2D eigenvalue weighted by Crippen LogP contribution is 2.31. The number of benzene rings is 2. The molecule has 88 valence electrons. The van der Waals surface area contributed by atoms with Crippen molar-refractivity contribution in [1.82, 2.24) is 0 Å². The van der Waals surface area contributed by atoms with Gasteiger partial charge in [-0.25, -0.2) is 8.78 Å². The average Bonchev–Trinajstić information content (AvgIpc) is 2.29. The minimum absolute atomic E-state index is 0.0742. The summed E-state index contributed by atoms with van der Waals surface area (Å²) < 4.78 is 27.3. The van der Waals surface area contributed by atoms with E-state index in [4.69, 9.17) is 0 Å². The van der Waals surface area contributed by atoms with Crippen LogP contribution >= 0.6 is 0 Å². The molecule has 0 unspecified atom stereocenters. The molecular formula is C15H14F2. The molecule has 0 aromatic heterocycles. The van der Waals surface area contributed by atoms with E-state index in [1.807, 2.05) is 32.0 Å². The molecule has 0 saturated heterocycles. The number of hydrogen-bond donors (Lipinski definition) is 0. The lowest BCUT2D eigenvalue weighted by Gasteiger charge is -2.12. The van der Waals surface area contributed by atoms with E-state index in [1.165, 1.54) is 19.1 Å². The van der Waals surface area contributed by atoms with Gasteiger partial charge in [0.2, 0.25) is 0 Å². The van der Waals surface area contributed by atoms with Gasteiger partial charge in [-0.15, -0.1) is 0 Å². The fourth-order valence-electron chi connectivity index (χ4n) is 2.09. The number of rotatable bonds is 1. The minimum Gasteiger partial charge on any atom is -0.207 e. The topological polar surface area (TPSA) is 0 Å². The Morgan fingerprint density at radius 2 is 1.41 bits per heavy atom. The summed E-state index contributed by atoms with van der Waals surface area (Å²) in [5.41, 5.74) is 3.39. The second-order valence-electron chi connectivity index (χ2n) is 4.30. The number of aryl methyl sites for hydroxylation is 2. The van der Waals surface area contributed by atoms with Gasteiger partial charge in [0, 0.05) is 11.1 Å². The van der Waals surface area contributed by atoms with E-state index >= 15 is 0 Å². The van der Waals surface area contributed by atoms with Gasteiger partial charge in [-0.2, -0.15) is 0 Å². The summed E-state index contributed by atoms with van der Waals surface area (Å²) in [7, 11) is 0. The van der Waals surface area contributed by atoms with Crippen molar-refractivity contribution in [2.45, 2.75) is 20.8 Å². The monoisotopic (exact) mass is 232 g/mol. The summed E-state index contributed by atoms with van der Waals surface area (Å²) >= 11 is 0. The summed E-state index contributed by atoms with van der Waals surface area (Å²) in [5.74, 6) is -0.972. The number of hydrogen-bond acceptors (Lipinski definition) is 0. The quantitative estimate of drug-likeness (QED) is 0.676. The molecule has 0 atom stereocenters. The zero-order valence-corrected chi connectivity index (χ0v) is 10.1. The highest BCUT2D eigenvalue weighted by molar-refractivity contribution is 5.71. The van der Waals surface area contributed by atoms with Crippen molar-refractivity contribution in [2.75, 3.05) is 0 Å². The highest BCUT2D eigenvalue weighted by Gasteiger charge is 2.14. The van der Waals surface area contributed by atoms with E-state index in [1.54, 1.807) is 0 Å². The zero-order chi connectivity index (χ0) is 12.6. The Hall–Kier alpha value is -1.70. The first-order chi connectivity index (χ1) is 8.02. The van der Waals surface area contributed by atoms with Crippen molar-refractivity contribution in [1.29, 1.82) is 0 Å². The smallest absolute Gasteiger partial charge is 0.136 e. The Bertz CT molecular complexity index is 551. The first kappa shape index (κ1) is 11.8. The molecule has 0 N–H and O–H groups in total. The van der Waals surface area contributed by atoms with Crippen LogP contribution in [0.1, 0.15) is 16.7 Å². The Morgan fingerprint density at radius 1 is 0.824 bits per heavy atom. The molecular weight excluding hydrogens is 218 g/mol. The van der Waals surface area contributed by atoms with E-state index < -0.39 is 11.6 Å². The van der Waals surface area contributed by atoms with Crippen molar-refractivity contribution in [3.05, 3.63) is 58.7 Å². The van der Waals surface area contributed by atoms with Crippen LogP contribution in [0.15, 0.2) is 30.3 Å². The van der Waals surface area contributed by atoms with Crippen molar-refractivity contribution < 1.29 is 8.78 Å². The Kier molecular flexibility index (Phi) is 2.97. The molecule has 0 amide bonds. The van der Waals surface area contributed by atoms with E-state index in [0.29, 0.717) is 5.56 Å². The summed E-state index contributed by atoms with van der Waals surface area (Å²) in [6.45, 7) is 5.32. The molecule has 0 radical (unpaired) electrons. The molecule has 0 saturated carbocycles. The van der Waals surface area contributed by atoms with Gasteiger partial charge in [-0.1, -0.05) is 18.2 Å². The largest absolute Gasteiger partial charge is 0.207 e. The summed E-state index contributed by atoms with van der Waals surface area (Å²) in [6, 6.07) is 8.62. The van der Waals surface area contributed by atoms with Crippen LogP contribution in [-0.2, 0) is 0 Å². The van der Waals surface area contributed by atoms with Gasteiger partial charge in [0.1, 0.15) is 11.6 Å².